The molecule has 0 bridgehead atoms. The van der Waals surface area contributed by atoms with Crippen LogP contribution in [0.5, 0.6) is 0 Å². The van der Waals surface area contributed by atoms with Crippen molar-refractivity contribution < 1.29 is 88.2 Å². The van der Waals surface area contributed by atoms with E-state index >= 15 is 0 Å². The molecule has 3 heterocycles. The maximum atomic E-state index is 14.6. The van der Waals surface area contributed by atoms with Gasteiger partial charge in [-0.25, -0.2) is 25.3 Å². The molecule has 0 aromatic carbocycles. The van der Waals surface area contributed by atoms with E-state index < -0.39 is 136 Å². The zero-order chi connectivity index (χ0) is 101. The summed E-state index contributed by atoms with van der Waals surface area (Å²) in [6.07, 6.45) is 20.6. The summed E-state index contributed by atoms with van der Waals surface area (Å²) in [5, 5.41) is 22.3. The number of aliphatic hydroxyl groups is 2. The lowest BCUT2D eigenvalue weighted by Gasteiger charge is -2.40. The van der Waals surface area contributed by atoms with E-state index in [9.17, 15) is 88.2 Å². The molecule has 134 heavy (non-hydrogen) atoms. The van der Waals surface area contributed by atoms with Crippen LogP contribution in [-0.4, -0.2) is 196 Å². The van der Waals surface area contributed by atoms with E-state index in [2.05, 4.69) is 55.4 Å². The number of hydrogen-bond acceptors (Lipinski definition) is 19. The maximum Gasteiger partial charge on any atom is 0.227 e. The zero-order valence-electron chi connectivity index (χ0n) is 88.3. The van der Waals surface area contributed by atoms with Gasteiger partial charge in [0.1, 0.15) is 29.6 Å². The Kier molecular flexibility index (Phi) is 35.6. The van der Waals surface area contributed by atoms with Gasteiger partial charge >= 0.3 is 0 Å². The third kappa shape index (κ3) is 26.9. The normalized spacial score (nSPS) is 27.2. The van der Waals surface area contributed by atoms with E-state index in [1.807, 2.05) is 62.3 Å². The lowest BCUT2D eigenvalue weighted by molar-refractivity contribution is -0.148. The first-order valence-electron chi connectivity index (χ1n) is 52.4. The van der Waals surface area contributed by atoms with Gasteiger partial charge in [0, 0.05) is 102 Å². The second-order valence-electron chi connectivity index (χ2n) is 53.4. The Hall–Kier alpha value is -4.46. The fourth-order valence-electron chi connectivity index (χ4n) is 25.1. The molecule has 11 fully saturated rings. The molecule has 0 aromatic heterocycles. The summed E-state index contributed by atoms with van der Waals surface area (Å²) in [5.41, 5.74) is -3.45. The molecule has 22 nitrogen and oxygen atoms in total. The quantitative estimate of drug-likeness (QED) is 0.0573. The van der Waals surface area contributed by atoms with Gasteiger partial charge < -0.3 is 24.9 Å². The number of piperidine rings is 3. The molecule has 0 unspecified atom stereocenters. The Morgan fingerprint density at radius 2 is 0.597 bits per heavy atom. The molecule has 3 aliphatic heterocycles. The van der Waals surface area contributed by atoms with E-state index in [0.29, 0.717) is 88.8 Å². The number of rotatable bonds is 42. The smallest absolute Gasteiger partial charge is 0.227 e. The molecular weight excluding hydrogens is 1750 g/mol. The van der Waals surface area contributed by atoms with Crippen molar-refractivity contribution in [2.75, 3.05) is 36.9 Å². The molecule has 3 saturated heterocycles. The summed E-state index contributed by atoms with van der Waals surface area (Å²) in [6, 6.07) is -1.67. The second kappa shape index (κ2) is 42.2. The molecule has 25 heteroatoms. The summed E-state index contributed by atoms with van der Waals surface area (Å²) in [7, 11) is -10.3. The highest BCUT2D eigenvalue weighted by Crippen LogP contribution is 2.68. The van der Waals surface area contributed by atoms with Crippen LogP contribution in [0.1, 0.15) is 412 Å². The van der Waals surface area contributed by atoms with Gasteiger partial charge in [-0.3, -0.25) is 52.7 Å². The number of carbonyl (C=O) groups is 11. The van der Waals surface area contributed by atoms with Crippen LogP contribution in [0.2, 0.25) is 0 Å². The largest absolute Gasteiger partial charge is 0.385 e. The van der Waals surface area contributed by atoms with Crippen LogP contribution in [0, 0.1) is 126 Å². The van der Waals surface area contributed by atoms with Crippen molar-refractivity contribution in [2.45, 2.75) is 456 Å². The summed E-state index contributed by atoms with van der Waals surface area (Å²) in [4.78, 5) is 157. The number of hydrogen-bond donors (Lipinski definition) is 2. The Bertz CT molecular complexity index is 4380. The van der Waals surface area contributed by atoms with Gasteiger partial charge in [0.2, 0.25) is 17.7 Å². The highest BCUT2D eigenvalue weighted by Gasteiger charge is 2.72. The molecule has 11 aliphatic rings. The summed E-state index contributed by atoms with van der Waals surface area (Å²) in [6.45, 7) is 53.3. The van der Waals surface area contributed by atoms with Gasteiger partial charge in [0.15, 0.2) is 58.4 Å². The average Bonchev–Trinajstić information content (AvgIpc) is 1.54. The van der Waals surface area contributed by atoms with Gasteiger partial charge in [-0.1, -0.05) is 201 Å². The predicted molar refractivity (Wildman–Crippen MR) is 530 cm³/mol. The lowest BCUT2D eigenvalue weighted by Crippen LogP contribution is -2.51. The summed E-state index contributed by atoms with van der Waals surface area (Å²) >= 11 is 0. The van der Waals surface area contributed by atoms with Gasteiger partial charge in [0.25, 0.3) is 0 Å². The Morgan fingerprint density at radius 3 is 0.813 bits per heavy atom. The number of likely N-dealkylation sites (tertiary alicyclic amines) is 3. The molecule has 0 radical (unpaired) electrons. The van der Waals surface area contributed by atoms with Crippen molar-refractivity contribution >= 4 is 93.5 Å². The summed E-state index contributed by atoms with van der Waals surface area (Å²) < 4.78 is 77.2. The van der Waals surface area contributed by atoms with Crippen LogP contribution >= 0.6 is 0 Å². The molecule has 16 atom stereocenters. The van der Waals surface area contributed by atoms with E-state index in [1.165, 1.54) is 0 Å². The maximum absolute atomic E-state index is 14.6. The molecule has 11 rings (SSSR count). The van der Waals surface area contributed by atoms with E-state index in [4.69, 9.17) is 0 Å². The van der Waals surface area contributed by atoms with Gasteiger partial charge in [-0.05, 0) is 254 Å². The fraction of sp³-hybridized carbons (Fsp3) is 0.899. The number of ketones is 8. The van der Waals surface area contributed by atoms with Crippen molar-refractivity contribution in [3.05, 3.63) is 0 Å². The monoisotopic (exact) mass is 1930 g/mol. The summed E-state index contributed by atoms with van der Waals surface area (Å²) in [5.74, 6) is -2.28. The van der Waals surface area contributed by atoms with Crippen LogP contribution in [0.3, 0.4) is 0 Å². The highest BCUT2D eigenvalue weighted by molar-refractivity contribution is 7.93. The molecule has 8 aliphatic carbocycles. The van der Waals surface area contributed by atoms with Crippen molar-refractivity contribution in [3.8, 4) is 0 Å². The molecule has 766 valence electrons. The molecule has 3 amide bonds. The Labute approximate surface area is 810 Å². The van der Waals surface area contributed by atoms with Gasteiger partial charge in [-0.2, -0.15) is 0 Å². The second-order valence-corrected chi connectivity index (χ2v) is 61.6. The third-order valence-corrected chi connectivity index (χ3v) is 43.9. The number of aliphatic hydroxyl groups excluding tert-OH is 2. The third-order valence-electron chi connectivity index (χ3n) is 35.3. The minimum Gasteiger partial charge on any atom is -0.385 e. The van der Waals surface area contributed by atoms with Crippen LogP contribution in [0.15, 0.2) is 0 Å². The lowest BCUT2D eigenvalue weighted by atomic mass is 9.70. The van der Waals surface area contributed by atoms with E-state index in [0.717, 1.165) is 122 Å². The van der Waals surface area contributed by atoms with E-state index in [1.54, 1.807) is 83.9 Å². The highest BCUT2D eigenvalue weighted by atomic mass is 32.2. The zero-order valence-corrected chi connectivity index (χ0v) is 90.7. The van der Waals surface area contributed by atoms with Crippen molar-refractivity contribution in [1.29, 1.82) is 0 Å². The number of Topliss-reactive ketones (excluding diaryl/α,β-unsaturated/α-hetero) is 8. The van der Waals surface area contributed by atoms with Crippen LogP contribution in [0.4, 0.5) is 0 Å². The van der Waals surface area contributed by atoms with Crippen molar-refractivity contribution in [3.63, 3.8) is 0 Å². The SMILES string of the molecule is CC(=O)[C@@H]1[C@@H]2[C@H](CN1C(=O)[C@@H](CC(=O)CC1(CS(=O)(=O)C(C)(C)C)CCCCC1)C(C)(C)C)C2(C)C.CCCC[C@H](CC(=O)[C@@H]1[C@@H]2[C@H](CN1C(=O)[C@@H](CC(=O)CC1(CS(=O)(=O)C(C)(C)C)CCCCC1)C(C)(C)C)C2(C)C)[C@@H](O)C(=O)CC1CC1.CCCC[C@H](CC(=O)[C@@H]1[C@@H]2[C@H](CN1C(=O)[C@@H](CC(=O)CC1(CS(=O)(=O)C(C)(C)C)CCCCC1)C(C)(C)C)C2(C)C)[C@H](O)C(=O)CC1CC1. The molecule has 0 spiro atoms. The van der Waals surface area contributed by atoms with Crippen LogP contribution < -0.4 is 0 Å². The number of amides is 3. The minimum atomic E-state index is -3.45. The first-order valence-corrected chi connectivity index (χ1v) is 57.4. The Balaban J connectivity index is 0.000000229. The standard InChI is InChI=1S/2C40H67NO7S.C29H49NO5S/c2*1-10-11-15-27(35(45)32(44)20-26-16-17-26)21-31(43)34-33-30(39(33,8)9)24-41(34)36(46)29(37(2,3)4)22-28(42)23-40(18-13-12-14-19-40)25-49(47,48)38(5,6)7;1-19(31)24-23-22(28(23,8)9)17-30(24)25(33)21(26(2,3)4)15-20(32)16-29(13-11-10-12-14-29)18-36(34,35)27(5,6)7/h2*26-27,29-30,33-35,45H,10-25H2,1-9H3;21-24H,10-18H2,1-9H3/t27-,29-,30+,33+,34-,35+;27-,29-,30+,33+,34-,35-;21-,22+,23+,24-/m111/s1. The molecule has 2 N–H and O–H groups in total. The topological polar surface area (TPSA) is 340 Å². The molecular formula is C109H183N3O19S3. The van der Waals surface area contributed by atoms with Crippen molar-refractivity contribution in [1.82, 2.24) is 14.7 Å². The van der Waals surface area contributed by atoms with Gasteiger partial charge in [0.05, 0.1) is 49.6 Å². The van der Waals surface area contributed by atoms with Gasteiger partial charge in [-0.15, -0.1) is 0 Å². The van der Waals surface area contributed by atoms with Crippen molar-refractivity contribution in [2.24, 2.45) is 126 Å². The average molecular weight is 1940 g/mol. The Morgan fingerprint density at radius 1 is 0.358 bits per heavy atom. The molecule has 8 saturated carbocycles. The first-order chi connectivity index (χ1) is 61.3. The number of carbonyl (C=O) groups excluding carboxylic acids is 11. The molecule has 0 aromatic rings. The number of sulfone groups is 3. The number of unbranched alkanes of at least 4 members (excludes halogenated alkanes) is 2. The van der Waals surface area contributed by atoms with Crippen LogP contribution in [0.25, 0.3) is 0 Å². The fourth-order valence-corrected chi connectivity index (χ4v) is 30.0. The van der Waals surface area contributed by atoms with E-state index in [-0.39, 0.29) is 178 Å². The number of fused-ring (bicyclic) bond motifs is 3. The predicted octanol–water partition coefficient (Wildman–Crippen LogP) is 19.5. The van der Waals surface area contributed by atoms with Crippen LogP contribution in [-0.2, 0) is 82.3 Å². The number of nitrogens with zero attached hydrogens (tertiary/aromatic N) is 3. The minimum absolute atomic E-state index is 0.0134. The first kappa shape index (κ1) is 113.